The molecule has 1 aromatic heterocycles. The minimum atomic E-state index is -4.69. The second kappa shape index (κ2) is 15.1. The maximum Gasteiger partial charge on any atom is 0.431 e. The predicted molar refractivity (Wildman–Crippen MR) is 135 cm³/mol. The molecule has 11 nitrogen and oxygen atoms in total. The third-order valence-corrected chi connectivity index (χ3v) is 6.02. The predicted octanol–water partition coefficient (Wildman–Crippen LogP) is 4.53. The van der Waals surface area contributed by atoms with Gasteiger partial charge >= 0.3 is 22.6 Å². The summed E-state index contributed by atoms with van der Waals surface area (Å²) in [5.74, 6) is -0.466. The maximum atomic E-state index is 13.1. The molecule has 16 heteroatoms. The SMILES string of the molecule is CCCN(C(=O)OS(=O)(=O)NCCCCO)c1c(OCCOC)cccc1Oc1ncc(C(F)(F)F)cc1Cl. The van der Waals surface area contributed by atoms with E-state index >= 15 is 0 Å². The average molecular weight is 600 g/mol. The van der Waals surface area contributed by atoms with Crippen LogP contribution in [0.1, 0.15) is 31.7 Å². The number of unbranched alkanes of at least 4 members (excludes halogenated alkanes) is 1. The molecule has 218 valence electrons. The van der Waals surface area contributed by atoms with Gasteiger partial charge in [0.1, 0.15) is 23.1 Å². The summed E-state index contributed by atoms with van der Waals surface area (Å²) in [5, 5.41) is 8.38. The van der Waals surface area contributed by atoms with Crippen molar-refractivity contribution < 1.29 is 49.9 Å². The summed E-state index contributed by atoms with van der Waals surface area (Å²) >= 11 is 6.00. The number of anilines is 1. The number of benzene rings is 1. The molecule has 2 aromatic rings. The van der Waals surface area contributed by atoms with E-state index in [2.05, 4.69) is 9.71 Å². The highest BCUT2D eigenvalue weighted by Crippen LogP contribution is 2.42. The van der Waals surface area contributed by atoms with Crippen molar-refractivity contribution in [3.05, 3.63) is 41.0 Å². The fourth-order valence-corrected chi connectivity index (χ4v) is 4.02. The van der Waals surface area contributed by atoms with Crippen molar-refractivity contribution in [1.82, 2.24) is 9.71 Å². The third kappa shape index (κ3) is 10.0. The zero-order valence-corrected chi connectivity index (χ0v) is 22.7. The standard InChI is InChI=1S/C23H29ClF3N3O8S/c1-3-10-30(22(32)38-39(33,34)29-9-4-5-11-31)20-18(36-13-12-35-2)7-6-8-19(20)37-21-17(24)14-16(15-28-21)23(25,26)27/h6-8,14-15,29,31H,3-5,9-13H2,1-2H3. The molecule has 39 heavy (non-hydrogen) atoms. The molecular weight excluding hydrogens is 571 g/mol. The fourth-order valence-electron chi connectivity index (χ4n) is 3.08. The van der Waals surface area contributed by atoms with Crippen LogP contribution in [0, 0.1) is 0 Å². The smallest absolute Gasteiger partial charge is 0.431 e. The third-order valence-electron chi connectivity index (χ3n) is 4.83. The van der Waals surface area contributed by atoms with Crippen molar-refractivity contribution in [2.45, 2.75) is 32.4 Å². The zero-order valence-electron chi connectivity index (χ0n) is 21.2. The van der Waals surface area contributed by atoms with Gasteiger partial charge in [0.15, 0.2) is 5.75 Å². The molecule has 0 spiro atoms. The number of carbonyl (C=O) groups is 1. The van der Waals surface area contributed by atoms with Gasteiger partial charge in [-0.3, -0.25) is 4.90 Å². The van der Waals surface area contributed by atoms with E-state index in [4.69, 9.17) is 35.1 Å². The lowest BCUT2D eigenvalue weighted by atomic mass is 10.2. The van der Waals surface area contributed by atoms with Crippen LogP contribution in [0.5, 0.6) is 17.4 Å². The van der Waals surface area contributed by atoms with E-state index in [9.17, 15) is 26.4 Å². The normalized spacial score (nSPS) is 11.8. The summed E-state index contributed by atoms with van der Waals surface area (Å²) in [7, 11) is -3.08. The zero-order chi connectivity index (χ0) is 29.1. The fraction of sp³-hybridized carbons (Fsp3) is 0.478. The lowest BCUT2D eigenvalue weighted by molar-refractivity contribution is -0.137. The molecule has 1 aromatic carbocycles. The van der Waals surface area contributed by atoms with Crippen LogP contribution in [0.25, 0.3) is 0 Å². The van der Waals surface area contributed by atoms with Crippen molar-refractivity contribution in [2.75, 3.05) is 44.9 Å². The summed E-state index contributed by atoms with van der Waals surface area (Å²) in [6, 6.07) is 4.95. The van der Waals surface area contributed by atoms with Crippen molar-refractivity contribution in [1.29, 1.82) is 0 Å². The minimum absolute atomic E-state index is 0.0337. The molecule has 2 N–H and O–H groups in total. The minimum Gasteiger partial charge on any atom is -0.489 e. The number of nitrogens with zero attached hydrogens (tertiary/aromatic N) is 2. The molecule has 0 atom stereocenters. The Hall–Kier alpha value is -2.85. The number of aromatic nitrogens is 1. The number of alkyl halides is 3. The van der Waals surface area contributed by atoms with Crippen LogP contribution < -0.4 is 19.1 Å². The summed E-state index contributed by atoms with van der Waals surface area (Å²) in [4.78, 5) is 17.7. The van der Waals surface area contributed by atoms with Gasteiger partial charge in [-0.15, -0.1) is 0 Å². The second-order valence-electron chi connectivity index (χ2n) is 7.83. The summed E-state index contributed by atoms with van der Waals surface area (Å²) in [6.45, 7) is 1.64. The lowest BCUT2D eigenvalue weighted by Gasteiger charge is -2.26. The maximum absolute atomic E-state index is 13.1. The molecular formula is C23H29ClF3N3O8S. The van der Waals surface area contributed by atoms with Crippen LogP contribution >= 0.6 is 11.6 Å². The van der Waals surface area contributed by atoms with Crippen LogP contribution in [0.3, 0.4) is 0 Å². The van der Waals surface area contributed by atoms with Gasteiger partial charge in [0, 0.05) is 33.0 Å². The first-order valence-corrected chi connectivity index (χ1v) is 13.5. The Kier molecular flexibility index (Phi) is 12.5. The van der Waals surface area contributed by atoms with Crippen molar-refractivity contribution in [2.24, 2.45) is 0 Å². The molecule has 0 aliphatic heterocycles. The van der Waals surface area contributed by atoms with Gasteiger partial charge in [-0.2, -0.15) is 26.3 Å². The highest BCUT2D eigenvalue weighted by molar-refractivity contribution is 7.85. The van der Waals surface area contributed by atoms with Crippen molar-refractivity contribution >= 4 is 33.7 Å². The molecule has 2 rings (SSSR count). The first kappa shape index (κ1) is 32.4. The van der Waals surface area contributed by atoms with Gasteiger partial charge in [0.2, 0.25) is 5.88 Å². The average Bonchev–Trinajstić information content (AvgIpc) is 2.86. The molecule has 0 unspecified atom stereocenters. The molecule has 0 radical (unpaired) electrons. The number of carbonyl (C=O) groups excluding carboxylic acids is 1. The van der Waals surface area contributed by atoms with Crippen LogP contribution in [-0.2, 0) is 25.4 Å². The molecule has 0 bridgehead atoms. The van der Waals surface area contributed by atoms with Crippen LogP contribution in [0.15, 0.2) is 30.5 Å². The van der Waals surface area contributed by atoms with Gasteiger partial charge in [-0.05, 0) is 37.5 Å². The number of hydrogen-bond donors (Lipinski definition) is 2. The number of methoxy groups -OCH3 is 1. The van der Waals surface area contributed by atoms with E-state index < -0.39 is 39.0 Å². The molecule has 1 heterocycles. The molecule has 0 fully saturated rings. The number of halogens is 4. The number of ether oxygens (including phenoxy) is 3. The first-order valence-electron chi connectivity index (χ1n) is 11.7. The largest absolute Gasteiger partial charge is 0.489 e. The molecule has 0 saturated carbocycles. The second-order valence-corrected chi connectivity index (χ2v) is 9.61. The first-order chi connectivity index (χ1) is 18.4. The summed E-state index contributed by atoms with van der Waals surface area (Å²) in [5.41, 5.74) is -1.17. The number of para-hydroxylation sites is 1. The number of aliphatic hydroxyl groups is 1. The van der Waals surface area contributed by atoms with E-state index in [0.717, 1.165) is 4.90 Å². The molecule has 1 amide bonds. The van der Waals surface area contributed by atoms with Gasteiger partial charge in [-0.25, -0.2) is 9.78 Å². The Morgan fingerprint density at radius 3 is 2.54 bits per heavy atom. The van der Waals surface area contributed by atoms with Crippen molar-refractivity contribution in [3.8, 4) is 17.4 Å². The molecule has 0 aliphatic carbocycles. The van der Waals surface area contributed by atoms with E-state index in [-0.39, 0.29) is 50.1 Å². The number of pyridine rings is 1. The highest BCUT2D eigenvalue weighted by atomic mass is 35.5. The van der Waals surface area contributed by atoms with E-state index in [1.165, 1.54) is 25.3 Å². The Bertz CT molecular complexity index is 1200. The highest BCUT2D eigenvalue weighted by Gasteiger charge is 2.33. The Morgan fingerprint density at radius 2 is 1.92 bits per heavy atom. The quantitative estimate of drug-likeness (QED) is 0.283. The Labute approximate surface area is 229 Å². The van der Waals surface area contributed by atoms with Crippen LogP contribution in [0.4, 0.5) is 23.7 Å². The number of amides is 1. The Balaban J connectivity index is 2.47. The van der Waals surface area contributed by atoms with Crippen LogP contribution in [-0.4, -0.2) is 64.6 Å². The summed E-state index contributed by atoms with van der Waals surface area (Å²) < 4.78 is 87.0. The Morgan fingerprint density at radius 1 is 1.21 bits per heavy atom. The van der Waals surface area contributed by atoms with Crippen molar-refractivity contribution in [3.63, 3.8) is 0 Å². The van der Waals surface area contributed by atoms with E-state index in [1.807, 2.05) is 0 Å². The number of hydrogen-bond acceptors (Lipinski definition) is 9. The number of rotatable bonds is 15. The lowest BCUT2D eigenvalue weighted by Crippen LogP contribution is -2.38. The molecule has 0 aliphatic rings. The van der Waals surface area contributed by atoms with Gasteiger partial charge in [-0.1, -0.05) is 24.6 Å². The number of aliphatic hydroxyl groups excluding tert-OH is 1. The van der Waals surface area contributed by atoms with Crippen LogP contribution in [0.2, 0.25) is 5.02 Å². The topological polar surface area (TPSA) is 137 Å². The monoisotopic (exact) mass is 599 g/mol. The summed E-state index contributed by atoms with van der Waals surface area (Å²) in [6.07, 6.45) is -4.47. The van der Waals surface area contributed by atoms with E-state index in [0.29, 0.717) is 31.5 Å². The van der Waals surface area contributed by atoms with Gasteiger partial charge in [0.05, 0.1) is 12.2 Å². The van der Waals surface area contributed by atoms with Gasteiger partial charge in [0.25, 0.3) is 0 Å². The van der Waals surface area contributed by atoms with Gasteiger partial charge < -0.3 is 23.5 Å². The molecule has 0 saturated heterocycles. The number of nitrogens with one attached hydrogen (secondary N) is 1. The van der Waals surface area contributed by atoms with E-state index in [1.54, 1.807) is 6.92 Å².